The second-order valence-electron chi connectivity index (χ2n) is 4.68. The number of aryl methyl sites for hydroxylation is 1. The highest BCUT2D eigenvalue weighted by atomic mass is 35.5. The van der Waals surface area contributed by atoms with Gasteiger partial charge in [0.05, 0.1) is 5.69 Å². The lowest BCUT2D eigenvalue weighted by Crippen LogP contribution is -2.12. The molecule has 2 aromatic rings. The van der Waals surface area contributed by atoms with E-state index in [0.717, 1.165) is 30.9 Å². The zero-order chi connectivity index (χ0) is 13.1. The van der Waals surface area contributed by atoms with E-state index in [2.05, 4.69) is 20.3 Å². The van der Waals surface area contributed by atoms with Crippen molar-refractivity contribution in [3.63, 3.8) is 0 Å². The van der Waals surface area contributed by atoms with E-state index in [1.54, 1.807) is 12.4 Å². The van der Waals surface area contributed by atoms with Gasteiger partial charge in [-0.05, 0) is 55.0 Å². The lowest BCUT2D eigenvalue weighted by molar-refractivity contribution is 0.663. The number of aromatic nitrogens is 3. The Morgan fingerprint density at radius 3 is 2.74 bits per heavy atom. The first kappa shape index (κ1) is 12.4. The molecule has 0 saturated carbocycles. The maximum atomic E-state index is 5.99. The smallest absolute Gasteiger partial charge is 0.224 e. The van der Waals surface area contributed by atoms with Gasteiger partial charge >= 0.3 is 0 Å². The standard InChI is InChI=1S/C14H15ClN4/c15-14-18-12-4-2-1-3-11(12)13(19-14)17-9-10-5-7-16-8-6-10/h5-8H,1-4,9H2,(H,17,18,19). The minimum atomic E-state index is 0.331. The van der Waals surface area contributed by atoms with E-state index in [9.17, 15) is 0 Å². The van der Waals surface area contributed by atoms with Crippen LogP contribution in [0.4, 0.5) is 5.82 Å². The zero-order valence-electron chi connectivity index (χ0n) is 10.6. The number of hydrogen-bond donors (Lipinski definition) is 1. The molecule has 0 saturated heterocycles. The molecule has 2 aromatic heterocycles. The van der Waals surface area contributed by atoms with E-state index in [-0.39, 0.29) is 0 Å². The van der Waals surface area contributed by atoms with E-state index in [4.69, 9.17) is 11.6 Å². The molecule has 0 aliphatic heterocycles. The van der Waals surface area contributed by atoms with E-state index in [1.807, 2.05) is 12.1 Å². The Kier molecular flexibility index (Phi) is 3.60. The van der Waals surface area contributed by atoms with Gasteiger partial charge < -0.3 is 5.32 Å². The number of pyridine rings is 1. The number of fused-ring (bicyclic) bond motifs is 1. The lowest BCUT2D eigenvalue weighted by Gasteiger charge is -2.18. The van der Waals surface area contributed by atoms with Crippen LogP contribution in [0.2, 0.25) is 5.28 Å². The fourth-order valence-corrected chi connectivity index (χ4v) is 2.58. The fourth-order valence-electron chi connectivity index (χ4n) is 2.40. The first-order chi connectivity index (χ1) is 9.33. The molecule has 98 valence electrons. The van der Waals surface area contributed by atoms with Gasteiger partial charge in [-0.25, -0.2) is 9.97 Å². The van der Waals surface area contributed by atoms with Crippen molar-refractivity contribution in [1.29, 1.82) is 0 Å². The van der Waals surface area contributed by atoms with Gasteiger partial charge in [0.1, 0.15) is 5.82 Å². The molecule has 1 aliphatic carbocycles. The van der Waals surface area contributed by atoms with Crippen LogP contribution < -0.4 is 5.32 Å². The van der Waals surface area contributed by atoms with Crippen LogP contribution in [-0.2, 0) is 19.4 Å². The van der Waals surface area contributed by atoms with Crippen molar-refractivity contribution in [2.24, 2.45) is 0 Å². The number of rotatable bonds is 3. The summed E-state index contributed by atoms with van der Waals surface area (Å²) < 4.78 is 0. The number of nitrogens with one attached hydrogen (secondary N) is 1. The third-order valence-electron chi connectivity index (χ3n) is 3.37. The van der Waals surface area contributed by atoms with Gasteiger partial charge in [0, 0.05) is 24.5 Å². The summed E-state index contributed by atoms with van der Waals surface area (Å²) in [7, 11) is 0. The quantitative estimate of drug-likeness (QED) is 0.874. The number of anilines is 1. The predicted molar refractivity (Wildman–Crippen MR) is 75.2 cm³/mol. The number of halogens is 1. The molecule has 19 heavy (non-hydrogen) atoms. The summed E-state index contributed by atoms with van der Waals surface area (Å²) in [5.41, 5.74) is 3.50. The SMILES string of the molecule is Clc1nc2c(c(NCc3ccncc3)n1)CCCC2. The van der Waals surface area contributed by atoms with Crippen LogP contribution in [0.15, 0.2) is 24.5 Å². The lowest BCUT2D eigenvalue weighted by atomic mass is 9.96. The van der Waals surface area contributed by atoms with E-state index in [0.29, 0.717) is 5.28 Å². The van der Waals surface area contributed by atoms with Gasteiger partial charge in [0.2, 0.25) is 5.28 Å². The normalized spacial score (nSPS) is 13.9. The van der Waals surface area contributed by atoms with Crippen LogP contribution in [0.5, 0.6) is 0 Å². The number of hydrogen-bond acceptors (Lipinski definition) is 4. The number of nitrogens with zero attached hydrogens (tertiary/aromatic N) is 3. The summed E-state index contributed by atoms with van der Waals surface area (Å²) in [6.07, 6.45) is 8.00. The highest BCUT2D eigenvalue weighted by Crippen LogP contribution is 2.26. The molecule has 2 heterocycles. The second kappa shape index (κ2) is 5.53. The van der Waals surface area contributed by atoms with Gasteiger partial charge in [0.25, 0.3) is 0 Å². The molecule has 4 nitrogen and oxygen atoms in total. The molecule has 0 unspecified atom stereocenters. The Bertz CT molecular complexity index is 571. The topological polar surface area (TPSA) is 50.7 Å². The molecule has 0 radical (unpaired) electrons. The molecule has 1 aliphatic rings. The van der Waals surface area contributed by atoms with Crippen molar-refractivity contribution in [3.05, 3.63) is 46.6 Å². The molecule has 0 bridgehead atoms. The maximum Gasteiger partial charge on any atom is 0.224 e. The van der Waals surface area contributed by atoms with Crippen LogP contribution in [0.25, 0.3) is 0 Å². The summed E-state index contributed by atoms with van der Waals surface area (Å²) in [6, 6.07) is 3.98. The summed E-state index contributed by atoms with van der Waals surface area (Å²) >= 11 is 5.99. The molecule has 3 rings (SSSR count). The Hall–Kier alpha value is -1.68. The van der Waals surface area contributed by atoms with Crippen LogP contribution >= 0.6 is 11.6 Å². The van der Waals surface area contributed by atoms with Gasteiger partial charge in [0.15, 0.2) is 0 Å². The third-order valence-corrected chi connectivity index (χ3v) is 3.53. The van der Waals surface area contributed by atoms with E-state index < -0.39 is 0 Å². The summed E-state index contributed by atoms with van der Waals surface area (Å²) in [6.45, 7) is 0.725. The predicted octanol–water partition coefficient (Wildman–Crippen LogP) is 3.02. The minimum Gasteiger partial charge on any atom is -0.366 e. The largest absolute Gasteiger partial charge is 0.366 e. The van der Waals surface area contributed by atoms with Gasteiger partial charge in [-0.15, -0.1) is 0 Å². The highest BCUT2D eigenvalue weighted by Gasteiger charge is 2.17. The molecule has 0 amide bonds. The maximum absolute atomic E-state index is 5.99. The zero-order valence-corrected chi connectivity index (χ0v) is 11.3. The first-order valence-electron chi connectivity index (χ1n) is 6.51. The second-order valence-corrected chi connectivity index (χ2v) is 5.02. The average molecular weight is 275 g/mol. The van der Waals surface area contributed by atoms with Crippen LogP contribution in [0, 0.1) is 0 Å². The van der Waals surface area contributed by atoms with Crippen LogP contribution in [-0.4, -0.2) is 15.0 Å². The average Bonchev–Trinajstić information content (AvgIpc) is 2.45. The third kappa shape index (κ3) is 2.84. The Balaban J connectivity index is 1.82. The molecular weight excluding hydrogens is 260 g/mol. The van der Waals surface area contributed by atoms with Gasteiger partial charge in [-0.1, -0.05) is 0 Å². The molecule has 1 N–H and O–H groups in total. The molecule has 0 aromatic carbocycles. The monoisotopic (exact) mass is 274 g/mol. The molecule has 0 spiro atoms. The van der Waals surface area contributed by atoms with Crippen LogP contribution in [0.3, 0.4) is 0 Å². The van der Waals surface area contributed by atoms with Crippen molar-refractivity contribution < 1.29 is 0 Å². The Morgan fingerprint density at radius 1 is 1.11 bits per heavy atom. The van der Waals surface area contributed by atoms with E-state index >= 15 is 0 Å². The van der Waals surface area contributed by atoms with Crippen molar-refractivity contribution in [2.75, 3.05) is 5.32 Å². The van der Waals surface area contributed by atoms with Crippen molar-refractivity contribution in [1.82, 2.24) is 15.0 Å². The molecule has 0 atom stereocenters. The van der Waals surface area contributed by atoms with Crippen molar-refractivity contribution in [2.45, 2.75) is 32.2 Å². The van der Waals surface area contributed by atoms with Crippen LogP contribution in [0.1, 0.15) is 29.7 Å². The Labute approximate surface area is 117 Å². The minimum absolute atomic E-state index is 0.331. The summed E-state index contributed by atoms with van der Waals surface area (Å²) in [5, 5.41) is 3.70. The Morgan fingerprint density at radius 2 is 1.89 bits per heavy atom. The molecule has 0 fully saturated rings. The van der Waals surface area contributed by atoms with Crippen molar-refractivity contribution >= 4 is 17.4 Å². The highest BCUT2D eigenvalue weighted by molar-refractivity contribution is 6.28. The molecule has 5 heteroatoms. The molecular formula is C14H15ClN4. The summed E-state index contributed by atoms with van der Waals surface area (Å²) in [5.74, 6) is 0.881. The van der Waals surface area contributed by atoms with Crippen molar-refractivity contribution in [3.8, 4) is 0 Å². The fraction of sp³-hybridized carbons (Fsp3) is 0.357. The summed E-state index contributed by atoms with van der Waals surface area (Å²) in [4.78, 5) is 12.7. The van der Waals surface area contributed by atoms with E-state index in [1.165, 1.54) is 24.0 Å². The van der Waals surface area contributed by atoms with Gasteiger partial charge in [-0.3, -0.25) is 4.98 Å². The first-order valence-corrected chi connectivity index (χ1v) is 6.89. The van der Waals surface area contributed by atoms with Gasteiger partial charge in [-0.2, -0.15) is 0 Å².